The van der Waals surface area contributed by atoms with Crippen LogP contribution in [0.3, 0.4) is 0 Å². The van der Waals surface area contributed by atoms with Crippen LogP contribution >= 0.6 is 0 Å². The number of hydrogen-bond donors (Lipinski definition) is 0. The van der Waals surface area contributed by atoms with Gasteiger partial charge in [0.15, 0.2) is 0 Å². The van der Waals surface area contributed by atoms with Gasteiger partial charge in [-0.1, -0.05) is 73.3 Å². The molecule has 0 fully saturated rings. The lowest BCUT2D eigenvalue weighted by Gasteiger charge is -2.25. The van der Waals surface area contributed by atoms with Crippen molar-refractivity contribution in [2.45, 2.75) is 5.92 Å². The molecule has 0 nitrogen and oxygen atoms in total. The first-order chi connectivity index (χ1) is 10.3. The molecule has 21 heavy (non-hydrogen) atoms. The number of benzene rings is 3. The van der Waals surface area contributed by atoms with Crippen molar-refractivity contribution in [1.82, 2.24) is 0 Å². The van der Waals surface area contributed by atoms with Crippen LogP contribution in [0.1, 0.15) is 11.5 Å². The first-order valence-corrected chi connectivity index (χ1v) is 7.36. The molecule has 0 spiro atoms. The molecule has 2 aliphatic rings. The highest BCUT2D eigenvalue weighted by Crippen LogP contribution is 2.39. The van der Waals surface area contributed by atoms with E-state index in [4.69, 9.17) is 0 Å². The second-order valence-corrected chi connectivity index (χ2v) is 5.96. The zero-order chi connectivity index (χ0) is 14.0. The van der Waals surface area contributed by atoms with Gasteiger partial charge < -0.3 is 0 Å². The quantitative estimate of drug-likeness (QED) is 0.556. The highest BCUT2D eigenvalue weighted by atomic mass is 14.3. The molecule has 98 valence electrons. The molecule has 1 atom stereocenters. The molecule has 0 saturated heterocycles. The summed E-state index contributed by atoms with van der Waals surface area (Å²) in [6, 6.07) is 15.6. The van der Waals surface area contributed by atoms with Crippen molar-refractivity contribution in [2.24, 2.45) is 0 Å². The van der Waals surface area contributed by atoms with Gasteiger partial charge in [-0.2, -0.15) is 0 Å². The van der Waals surface area contributed by atoms with Gasteiger partial charge in [-0.15, -0.1) is 0 Å². The van der Waals surface area contributed by atoms with Crippen molar-refractivity contribution < 1.29 is 0 Å². The number of fused-ring (bicyclic) bond motifs is 2. The van der Waals surface area contributed by atoms with Gasteiger partial charge in [0, 0.05) is 5.92 Å². The molecule has 0 heterocycles. The molecule has 0 N–H and O–H groups in total. The van der Waals surface area contributed by atoms with Gasteiger partial charge >= 0.3 is 0 Å². The van der Waals surface area contributed by atoms with Gasteiger partial charge in [-0.25, -0.2) is 0 Å². The van der Waals surface area contributed by atoms with E-state index in [1.165, 1.54) is 37.9 Å². The third-order valence-electron chi connectivity index (χ3n) is 4.71. The van der Waals surface area contributed by atoms with Crippen molar-refractivity contribution in [3.05, 3.63) is 89.2 Å². The Balaban J connectivity index is 2.04. The Labute approximate surface area is 123 Å². The Morgan fingerprint density at radius 1 is 0.810 bits per heavy atom. The van der Waals surface area contributed by atoms with E-state index in [1.807, 2.05) is 0 Å². The third kappa shape index (κ3) is 1.39. The molecule has 3 aromatic carbocycles. The predicted octanol–water partition coefficient (Wildman–Crippen LogP) is 4.64. The molecule has 0 aromatic heterocycles. The Morgan fingerprint density at radius 3 is 2.48 bits per heavy atom. The maximum absolute atomic E-state index is 4.06. The largest absolute Gasteiger partial charge is 0.0918 e. The number of rotatable bonds is 0. The van der Waals surface area contributed by atoms with Gasteiger partial charge in [0.2, 0.25) is 0 Å². The summed E-state index contributed by atoms with van der Waals surface area (Å²) >= 11 is 0. The second-order valence-electron chi connectivity index (χ2n) is 5.96. The van der Waals surface area contributed by atoms with E-state index in [1.54, 1.807) is 0 Å². The van der Waals surface area contributed by atoms with Crippen LogP contribution in [0.4, 0.5) is 0 Å². The van der Waals surface area contributed by atoms with E-state index in [0.29, 0.717) is 5.92 Å². The van der Waals surface area contributed by atoms with Gasteiger partial charge in [0.1, 0.15) is 0 Å². The fraction of sp³-hybridized carbons (Fsp3) is 0.0476. The van der Waals surface area contributed by atoms with Crippen LogP contribution in [0.2, 0.25) is 0 Å². The highest BCUT2D eigenvalue weighted by Gasteiger charge is 2.22. The molecule has 0 saturated carbocycles. The maximum Gasteiger partial charge on any atom is 0.0279 e. The van der Waals surface area contributed by atoms with Crippen molar-refractivity contribution in [3.63, 3.8) is 0 Å². The van der Waals surface area contributed by atoms with E-state index in [2.05, 4.69) is 73.3 Å². The van der Waals surface area contributed by atoms with E-state index >= 15 is 0 Å². The first kappa shape index (κ1) is 11.1. The van der Waals surface area contributed by atoms with Gasteiger partial charge in [-0.05, 0) is 43.5 Å². The van der Waals surface area contributed by atoms with Crippen LogP contribution in [-0.4, -0.2) is 0 Å². The van der Waals surface area contributed by atoms with Crippen molar-refractivity contribution in [3.8, 4) is 0 Å². The van der Waals surface area contributed by atoms with E-state index in [-0.39, 0.29) is 0 Å². The van der Waals surface area contributed by atoms with Crippen LogP contribution in [0.15, 0.2) is 78.4 Å². The lowest BCUT2D eigenvalue weighted by molar-refractivity contribution is 1.03. The molecule has 5 rings (SSSR count). The summed E-state index contributed by atoms with van der Waals surface area (Å²) < 4.78 is 0. The van der Waals surface area contributed by atoms with Crippen LogP contribution < -0.4 is 5.22 Å². The Morgan fingerprint density at radius 2 is 1.62 bits per heavy atom. The summed E-state index contributed by atoms with van der Waals surface area (Å²) in [5.74, 6) is 0.373. The molecule has 1 unspecified atom stereocenters. The summed E-state index contributed by atoms with van der Waals surface area (Å²) in [7, 11) is 0. The Kier molecular flexibility index (Phi) is 1.97. The summed E-state index contributed by atoms with van der Waals surface area (Å²) in [4.78, 5) is 0. The average molecular weight is 266 g/mol. The maximum atomic E-state index is 4.06. The molecule has 0 aliphatic heterocycles. The molecule has 0 radical (unpaired) electrons. The summed E-state index contributed by atoms with van der Waals surface area (Å²) in [5, 5.41) is 6.82. The lowest BCUT2D eigenvalue weighted by Crippen LogP contribution is -2.16. The highest BCUT2D eigenvalue weighted by molar-refractivity contribution is 6.12. The third-order valence-corrected chi connectivity index (χ3v) is 4.71. The zero-order valence-corrected chi connectivity index (χ0v) is 11.6. The molecule has 0 amide bonds. The van der Waals surface area contributed by atoms with Crippen LogP contribution in [-0.2, 0) is 0 Å². The summed E-state index contributed by atoms with van der Waals surface area (Å²) in [6.07, 6.45) is 8.95. The Bertz CT molecular complexity index is 1030. The summed E-state index contributed by atoms with van der Waals surface area (Å²) in [6.45, 7) is 4.06. The molecule has 0 heteroatoms. The standard InChI is InChI=1S/C21H14/c1-13-5-9-18-17(11-13)12-16-7-6-14-3-2-4-15-8-10-19(18)21(16)20(14)15/h2-12,18H,1H2. The number of allylic oxidation sites excluding steroid dienone is 5. The second kappa shape index (κ2) is 3.73. The van der Waals surface area contributed by atoms with Crippen molar-refractivity contribution >= 4 is 27.6 Å². The normalized spacial score (nSPS) is 19.5. The molecule has 3 aromatic rings. The Hall–Kier alpha value is -2.60. The van der Waals surface area contributed by atoms with Crippen LogP contribution in [0, 0.1) is 0 Å². The molecule has 2 aliphatic carbocycles. The SMILES string of the molecule is C=C1C=CC2C(=C1)C=c1ccc3cccc4ccc2c1c43. The van der Waals surface area contributed by atoms with Crippen LogP contribution in [0.25, 0.3) is 27.6 Å². The molecular formula is C21H14. The lowest BCUT2D eigenvalue weighted by atomic mass is 9.78. The molecule has 0 bridgehead atoms. The van der Waals surface area contributed by atoms with E-state index in [0.717, 1.165) is 5.57 Å². The smallest absolute Gasteiger partial charge is 0.0279 e. The van der Waals surface area contributed by atoms with Gasteiger partial charge in [0.25, 0.3) is 0 Å². The topological polar surface area (TPSA) is 0 Å². The average Bonchev–Trinajstić information content (AvgIpc) is 2.51. The van der Waals surface area contributed by atoms with Crippen molar-refractivity contribution in [1.29, 1.82) is 0 Å². The van der Waals surface area contributed by atoms with E-state index in [9.17, 15) is 0 Å². The minimum Gasteiger partial charge on any atom is -0.0918 e. The molecular weight excluding hydrogens is 252 g/mol. The monoisotopic (exact) mass is 266 g/mol. The van der Waals surface area contributed by atoms with Crippen LogP contribution in [0.5, 0.6) is 0 Å². The van der Waals surface area contributed by atoms with Gasteiger partial charge in [-0.3, -0.25) is 0 Å². The first-order valence-electron chi connectivity index (χ1n) is 7.36. The van der Waals surface area contributed by atoms with Crippen molar-refractivity contribution in [2.75, 3.05) is 0 Å². The number of hydrogen-bond acceptors (Lipinski definition) is 0. The fourth-order valence-corrected chi connectivity index (χ4v) is 3.79. The predicted molar refractivity (Wildman–Crippen MR) is 90.2 cm³/mol. The van der Waals surface area contributed by atoms with E-state index < -0.39 is 0 Å². The van der Waals surface area contributed by atoms with Gasteiger partial charge in [0.05, 0.1) is 0 Å². The fourth-order valence-electron chi connectivity index (χ4n) is 3.79. The summed E-state index contributed by atoms with van der Waals surface area (Å²) in [5.41, 5.74) is 3.86. The minimum atomic E-state index is 0.373. The minimum absolute atomic E-state index is 0.373. The zero-order valence-electron chi connectivity index (χ0n) is 11.6.